The highest BCUT2D eigenvalue weighted by Gasteiger charge is 2.64. The van der Waals surface area contributed by atoms with Crippen LogP contribution in [0.3, 0.4) is 0 Å². The highest BCUT2D eigenvalue weighted by Crippen LogP contribution is 2.50. The molecule has 0 aromatic carbocycles. The summed E-state index contributed by atoms with van der Waals surface area (Å²) in [4.78, 5) is 0. The Morgan fingerprint density at radius 2 is 1.93 bits per heavy atom. The first-order valence-electron chi connectivity index (χ1n) is 5.43. The topological polar surface area (TPSA) is 21.3 Å². The van der Waals surface area contributed by atoms with Crippen LogP contribution in [-0.4, -0.2) is 30.5 Å². The van der Waals surface area contributed by atoms with Crippen LogP contribution in [0.4, 0.5) is 13.2 Å². The molecule has 0 aliphatic heterocycles. The van der Waals surface area contributed by atoms with Gasteiger partial charge in [-0.3, -0.25) is 0 Å². The van der Waals surface area contributed by atoms with Crippen LogP contribution in [0.25, 0.3) is 0 Å². The van der Waals surface area contributed by atoms with E-state index in [1.54, 1.807) is 0 Å². The minimum absolute atomic E-state index is 0.00863. The van der Waals surface area contributed by atoms with Gasteiger partial charge >= 0.3 is 6.18 Å². The van der Waals surface area contributed by atoms with Gasteiger partial charge in [-0.1, -0.05) is 0 Å². The van der Waals surface area contributed by atoms with Crippen molar-refractivity contribution >= 4 is 0 Å². The van der Waals surface area contributed by atoms with Crippen LogP contribution >= 0.6 is 0 Å². The fraction of sp³-hybridized carbons (Fsp3) is 1.00. The fourth-order valence-corrected chi connectivity index (χ4v) is 2.08. The van der Waals surface area contributed by atoms with Gasteiger partial charge in [-0.15, -0.1) is 0 Å². The van der Waals surface area contributed by atoms with Gasteiger partial charge in [-0.05, 0) is 32.6 Å². The van der Waals surface area contributed by atoms with Crippen molar-refractivity contribution in [3.8, 4) is 0 Å². The average Bonchev–Trinajstić information content (AvgIpc) is 2.80. The van der Waals surface area contributed by atoms with Crippen LogP contribution in [0.15, 0.2) is 0 Å². The van der Waals surface area contributed by atoms with Crippen LogP contribution in [0.5, 0.6) is 0 Å². The number of ether oxygens (including phenoxy) is 1. The van der Waals surface area contributed by atoms with Crippen molar-refractivity contribution in [2.75, 3.05) is 6.61 Å². The standard InChI is InChI=1S/C10H16F3NO/c1-2-15-8-5-7(6-8)14-9(3-4-9)10(11,12)13/h7-8,14H,2-6H2,1H3. The van der Waals surface area contributed by atoms with E-state index in [-0.39, 0.29) is 25.0 Å². The average molecular weight is 223 g/mol. The van der Waals surface area contributed by atoms with E-state index in [2.05, 4.69) is 5.32 Å². The zero-order valence-corrected chi connectivity index (χ0v) is 8.73. The van der Waals surface area contributed by atoms with E-state index in [0.717, 1.165) is 0 Å². The van der Waals surface area contributed by atoms with E-state index >= 15 is 0 Å². The predicted molar refractivity (Wildman–Crippen MR) is 49.6 cm³/mol. The quantitative estimate of drug-likeness (QED) is 0.789. The second kappa shape index (κ2) is 3.63. The number of alkyl halides is 3. The Morgan fingerprint density at radius 1 is 1.33 bits per heavy atom. The van der Waals surface area contributed by atoms with Crippen LogP contribution in [0.1, 0.15) is 32.6 Å². The molecular formula is C10H16F3NO. The van der Waals surface area contributed by atoms with Crippen molar-refractivity contribution in [1.29, 1.82) is 0 Å². The molecule has 0 heterocycles. The molecule has 2 aliphatic carbocycles. The van der Waals surface area contributed by atoms with Crippen molar-refractivity contribution in [3.63, 3.8) is 0 Å². The lowest BCUT2D eigenvalue weighted by Crippen LogP contribution is -2.55. The molecule has 2 saturated carbocycles. The Hall–Kier alpha value is -0.290. The summed E-state index contributed by atoms with van der Waals surface area (Å²) in [5, 5.41) is 2.73. The van der Waals surface area contributed by atoms with Gasteiger partial charge < -0.3 is 10.1 Å². The van der Waals surface area contributed by atoms with Crippen molar-refractivity contribution in [2.45, 2.75) is 56.5 Å². The van der Waals surface area contributed by atoms with Crippen LogP contribution in [-0.2, 0) is 4.74 Å². The monoisotopic (exact) mass is 223 g/mol. The summed E-state index contributed by atoms with van der Waals surface area (Å²) < 4.78 is 43.0. The molecular weight excluding hydrogens is 207 g/mol. The molecule has 0 radical (unpaired) electrons. The molecule has 2 rings (SSSR count). The lowest BCUT2D eigenvalue weighted by molar-refractivity contribution is -0.172. The molecule has 0 unspecified atom stereocenters. The minimum Gasteiger partial charge on any atom is -0.378 e. The molecule has 0 aromatic heterocycles. The summed E-state index contributed by atoms with van der Waals surface area (Å²) in [5.41, 5.74) is -1.56. The lowest BCUT2D eigenvalue weighted by atomic mass is 9.88. The van der Waals surface area contributed by atoms with E-state index in [1.165, 1.54) is 0 Å². The summed E-state index contributed by atoms with van der Waals surface area (Å²) in [6, 6.07) is -0.00863. The van der Waals surface area contributed by atoms with Gasteiger partial charge in [0.1, 0.15) is 5.54 Å². The van der Waals surface area contributed by atoms with Crippen LogP contribution in [0, 0.1) is 0 Å². The molecule has 88 valence electrons. The summed E-state index contributed by atoms with van der Waals surface area (Å²) in [6.45, 7) is 2.54. The molecule has 0 bridgehead atoms. The maximum atomic E-state index is 12.6. The highest BCUT2D eigenvalue weighted by molar-refractivity contribution is 5.10. The van der Waals surface area contributed by atoms with Gasteiger partial charge in [0.15, 0.2) is 0 Å². The van der Waals surface area contributed by atoms with Crippen molar-refractivity contribution in [3.05, 3.63) is 0 Å². The lowest BCUT2D eigenvalue weighted by Gasteiger charge is -2.38. The third kappa shape index (κ3) is 2.13. The molecule has 2 fully saturated rings. The maximum Gasteiger partial charge on any atom is 0.406 e. The van der Waals surface area contributed by atoms with Crippen LogP contribution < -0.4 is 5.32 Å². The van der Waals surface area contributed by atoms with E-state index in [4.69, 9.17) is 4.74 Å². The highest BCUT2D eigenvalue weighted by atomic mass is 19.4. The molecule has 15 heavy (non-hydrogen) atoms. The normalized spacial score (nSPS) is 33.6. The molecule has 0 spiro atoms. The summed E-state index contributed by atoms with van der Waals surface area (Å²) in [7, 11) is 0. The summed E-state index contributed by atoms with van der Waals surface area (Å²) >= 11 is 0. The van der Waals surface area contributed by atoms with Crippen molar-refractivity contribution in [2.24, 2.45) is 0 Å². The summed E-state index contributed by atoms with van der Waals surface area (Å²) in [6.07, 6.45) is -2.05. The molecule has 0 atom stereocenters. The molecule has 0 saturated heterocycles. The van der Waals surface area contributed by atoms with E-state index < -0.39 is 11.7 Å². The fourth-order valence-electron chi connectivity index (χ4n) is 2.08. The summed E-state index contributed by atoms with van der Waals surface area (Å²) in [5.74, 6) is 0. The smallest absolute Gasteiger partial charge is 0.378 e. The van der Waals surface area contributed by atoms with Gasteiger partial charge in [0.05, 0.1) is 6.10 Å². The number of hydrogen-bond acceptors (Lipinski definition) is 2. The Kier molecular flexibility index (Phi) is 2.71. The molecule has 1 N–H and O–H groups in total. The van der Waals surface area contributed by atoms with Crippen LogP contribution in [0.2, 0.25) is 0 Å². The molecule has 2 aliphatic rings. The second-order valence-corrected chi connectivity index (χ2v) is 4.47. The van der Waals surface area contributed by atoms with Gasteiger partial charge in [-0.2, -0.15) is 13.2 Å². The first kappa shape index (κ1) is 11.2. The second-order valence-electron chi connectivity index (χ2n) is 4.47. The zero-order valence-electron chi connectivity index (χ0n) is 8.73. The predicted octanol–water partition coefficient (Wildman–Crippen LogP) is 2.24. The van der Waals surface area contributed by atoms with Gasteiger partial charge in [0.2, 0.25) is 0 Å². The third-order valence-electron chi connectivity index (χ3n) is 3.27. The minimum atomic E-state index is -4.09. The SMILES string of the molecule is CCOC1CC(NC2(C(F)(F)F)CC2)C1. The van der Waals surface area contributed by atoms with E-state index in [1.807, 2.05) is 6.92 Å². The number of nitrogens with one attached hydrogen (secondary N) is 1. The number of rotatable bonds is 4. The Balaban J connectivity index is 1.76. The number of hydrogen-bond donors (Lipinski definition) is 1. The molecule has 0 aromatic rings. The van der Waals surface area contributed by atoms with E-state index in [0.29, 0.717) is 19.4 Å². The Bertz CT molecular complexity index is 231. The van der Waals surface area contributed by atoms with Gasteiger partial charge in [-0.25, -0.2) is 0 Å². The first-order chi connectivity index (χ1) is 6.97. The van der Waals surface area contributed by atoms with Crippen molar-refractivity contribution in [1.82, 2.24) is 5.32 Å². The number of halogens is 3. The largest absolute Gasteiger partial charge is 0.406 e. The van der Waals surface area contributed by atoms with Gasteiger partial charge in [0.25, 0.3) is 0 Å². The molecule has 2 nitrogen and oxygen atoms in total. The van der Waals surface area contributed by atoms with Gasteiger partial charge in [0, 0.05) is 12.6 Å². The Morgan fingerprint density at radius 3 is 2.33 bits per heavy atom. The first-order valence-corrected chi connectivity index (χ1v) is 5.43. The third-order valence-corrected chi connectivity index (χ3v) is 3.27. The maximum absolute atomic E-state index is 12.6. The molecule has 5 heteroatoms. The molecule has 0 amide bonds. The van der Waals surface area contributed by atoms with E-state index in [9.17, 15) is 13.2 Å². The van der Waals surface area contributed by atoms with Crippen molar-refractivity contribution < 1.29 is 17.9 Å². The zero-order chi connectivity index (χ0) is 11.1. The Labute approximate surface area is 87.2 Å².